The Morgan fingerprint density at radius 3 is 2.33 bits per heavy atom. The Morgan fingerprint density at radius 1 is 1.04 bits per heavy atom. The predicted molar refractivity (Wildman–Crippen MR) is 91.7 cm³/mol. The van der Waals surface area contributed by atoms with Gasteiger partial charge in [0.1, 0.15) is 5.65 Å². The molecule has 0 radical (unpaired) electrons. The molecule has 2 aromatic heterocycles. The Bertz CT molecular complexity index is 963. The molecule has 0 unspecified atom stereocenters. The summed E-state index contributed by atoms with van der Waals surface area (Å²) in [4.78, 5) is 15.6. The van der Waals surface area contributed by atoms with Gasteiger partial charge in [-0.3, -0.25) is 4.40 Å². The van der Waals surface area contributed by atoms with Crippen LogP contribution in [0.4, 0.5) is 11.5 Å². The minimum atomic E-state index is -1.12. The van der Waals surface area contributed by atoms with E-state index < -0.39 is 5.97 Å². The Balaban J connectivity index is 2.16. The van der Waals surface area contributed by atoms with Crippen molar-refractivity contribution >= 4 is 23.1 Å². The molecule has 1 aromatic carbocycles. The lowest BCUT2D eigenvalue weighted by Gasteiger charge is -2.05. The third-order valence-corrected chi connectivity index (χ3v) is 3.84. The van der Waals surface area contributed by atoms with Crippen LogP contribution in [-0.4, -0.2) is 20.5 Å². The van der Waals surface area contributed by atoms with Crippen LogP contribution in [0.15, 0.2) is 40.7 Å². The molecule has 24 heavy (non-hydrogen) atoms. The van der Waals surface area contributed by atoms with Gasteiger partial charge in [0, 0.05) is 6.20 Å². The molecule has 0 fully saturated rings. The number of fused-ring (bicyclic) bond motifs is 1. The van der Waals surface area contributed by atoms with Crippen molar-refractivity contribution in [3.05, 3.63) is 58.4 Å². The second-order valence-electron chi connectivity index (χ2n) is 5.97. The Kier molecular flexibility index (Phi) is 3.89. The van der Waals surface area contributed by atoms with E-state index in [1.807, 2.05) is 52.0 Å². The van der Waals surface area contributed by atoms with E-state index in [2.05, 4.69) is 15.2 Å². The average Bonchev–Trinajstić information content (AvgIpc) is 2.84. The van der Waals surface area contributed by atoms with Crippen LogP contribution in [0.25, 0.3) is 5.65 Å². The first-order valence-corrected chi connectivity index (χ1v) is 7.58. The zero-order valence-electron chi connectivity index (χ0n) is 14.0. The summed E-state index contributed by atoms with van der Waals surface area (Å²) in [5.41, 5.74) is 5.33. The van der Waals surface area contributed by atoms with E-state index in [0.717, 1.165) is 27.9 Å². The van der Waals surface area contributed by atoms with Crippen LogP contribution in [0.5, 0.6) is 0 Å². The molecular weight excluding hydrogens is 304 g/mol. The summed E-state index contributed by atoms with van der Waals surface area (Å²) in [7, 11) is 0. The summed E-state index contributed by atoms with van der Waals surface area (Å²) >= 11 is 0. The molecule has 122 valence electrons. The number of carboxylic acid groups (broad SMARTS) is 1. The van der Waals surface area contributed by atoms with Crippen LogP contribution in [0.3, 0.4) is 0 Å². The lowest BCUT2D eigenvalue weighted by Crippen LogP contribution is -1.96. The van der Waals surface area contributed by atoms with Gasteiger partial charge in [-0.2, -0.15) is 0 Å². The summed E-state index contributed by atoms with van der Waals surface area (Å²) in [6.45, 7) is 7.88. The monoisotopic (exact) mass is 322 g/mol. The normalized spacial score (nSPS) is 11.5. The SMILES string of the molecule is Cc1cc(C)c(N=Nc2c(C(=O)O)nc3cc(C)ccn23)c(C)c1. The number of azo groups is 1. The molecule has 3 rings (SSSR count). The van der Waals surface area contributed by atoms with Crippen LogP contribution in [-0.2, 0) is 0 Å². The third kappa shape index (κ3) is 2.78. The minimum Gasteiger partial charge on any atom is -0.476 e. The fourth-order valence-corrected chi connectivity index (χ4v) is 2.80. The third-order valence-electron chi connectivity index (χ3n) is 3.84. The minimum absolute atomic E-state index is 0.105. The van der Waals surface area contributed by atoms with Gasteiger partial charge in [0.15, 0.2) is 11.5 Å². The summed E-state index contributed by atoms with van der Waals surface area (Å²) < 4.78 is 1.64. The van der Waals surface area contributed by atoms with Crippen LogP contribution < -0.4 is 0 Å². The number of benzene rings is 1. The van der Waals surface area contributed by atoms with Crippen LogP contribution in [0.1, 0.15) is 32.7 Å². The zero-order chi connectivity index (χ0) is 17.4. The number of carbonyl (C=O) groups is 1. The van der Waals surface area contributed by atoms with Gasteiger partial charge in [-0.1, -0.05) is 17.7 Å². The van der Waals surface area contributed by atoms with Crippen molar-refractivity contribution in [3.63, 3.8) is 0 Å². The van der Waals surface area contributed by atoms with Crippen molar-refractivity contribution in [2.45, 2.75) is 27.7 Å². The predicted octanol–water partition coefficient (Wildman–Crippen LogP) is 4.68. The fourth-order valence-electron chi connectivity index (χ4n) is 2.80. The van der Waals surface area contributed by atoms with E-state index >= 15 is 0 Å². The molecule has 0 atom stereocenters. The maximum atomic E-state index is 11.5. The molecule has 3 aromatic rings. The van der Waals surface area contributed by atoms with E-state index in [9.17, 15) is 9.90 Å². The van der Waals surface area contributed by atoms with Crippen molar-refractivity contribution in [3.8, 4) is 0 Å². The number of hydrogen-bond donors (Lipinski definition) is 1. The second-order valence-corrected chi connectivity index (χ2v) is 5.97. The van der Waals surface area contributed by atoms with Crippen molar-refractivity contribution in [2.24, 2.45) is 10.2 Å². The van der Waals surface area contributed by atoms with E-state index in [-0.39, 0.29) is 11.5 Å². The number of hydrogen-bond acceptors (Lipinski definition) is 4. The Hall–Kier alpha value is -3.02. The number of aromatic carboxylic acids is 1. The Morgan fingerprint density at radius 2 is 1.71 bits per heavy atom. The highest BCUT2D eigenvalue weighted by Crippen LogP contribution is 2.29. The quantitative estimate of drug-likeness (QED) is 0.711. The van der Waals surface area contributed by atoms with E-state index in [4.69, 9.17) is 0 Å². The summed E-state index contributed by atoms with van der Waals surface area (Å²) in [6, 6.07) is 7.74. The first-order valence-electron chi connectivity index (χ1n) is 7.58. The number of aryl methyl sites for hydroxylation is 4. The summed E-state index contributed by atoms with van der Waals surface area (Å²) in [6.07, 6.45) is 1.76. The first kappa shape index (κ1) is 15.9. The highest BCUT2D eigenvalue weighted by atomic mass is 16.4. The first-order chi connectivity index (χ1) is 11.4. The molecule has 0 spiro atoms. The molecule has 0 saturated carbocycles. The molecule has 6 nitrogen and oxygen atoms in total. The van der Waals surface area contributed by atoms with Gasteiger partial charge in [0.05, 0.1) is 5.69 Å². The molecule has 0 saturated heterocycles. The molecule has 0 aliphatic rings. The number of imidazole rings is 1. The highest BCUT2D eigenvalue weighted by molar-refractivity contribution is 5.91. The number of aromatic nitrogens is 2. The van der Waals surface area contributed by atoms with E-state index in [0.29, 0.717) is 5.65 Å². The molecule has 0 aliphatic carbocycles. The molecule has 1 N–H and O–H groups in total. The number of rotatable bonds is 3. The largest absolute Gasteiger partial charge is 0.476 e. The fraction of sp³-hybridized carbons (Fsp3) is 0.222. The smallest absolute Gasteiger partial charge is 0.358 e. The van der Waals surface area contributed by atoms with Gasteiger partial charge in [-0.05, 0) is 56.5 Å². The molecule has 0 amide bonds. The maximum Gasteiger partial charge on any atom is 0.358 e. The van der Waals surface area contributed by atoms with Gasteiger partial charge in [0.2, 0.25) is 0 Å². The van der Waals surface area contributed by atoms with Gasteiger partial charge in [0.25, 0.3) is 0 Å². The summed E-state index contributed by atoms with van der Waals surface area (Å²) in [5, 5.41) is 17.9. The topological polar surface area (TPSA) is 79.3 Å². The van der Waals surface area contributed by atoms with Gasteiger partial charge in [-0.25, -0.2) is 9.78 Å². The molecule has 0 bridgehead atoms. The number of pyridine rings is 1. The number of nitrogens with zero attached hydrogens (tertiary/aromatic N) is 4. The molecule has 6 heteroatoms. The van der Waals surface area contributed by atoms with Crippen molar-refractivity contribution < 1.29 is 9.90 Å². The van der Waals surface area contributed by atoms with Gasteiger partial charge < -0.3 is 5.11 Å². The van der Waals surface area contributed by atoms with E-state index in [1.54, 1.807) is 10.6 Å². The zero-order valence-corrected chi connectivity index (χ0v) is 14.0. The van der Waals surface area contributed by atoms with Crippen molar-refractivity contribution in [1.29, 1.82) is 0 Å². The standard InChI is InChI=1S/C18H18N4O2/c1-10-5-6-22-14(9-10)19-16(18(23)24)17(22)21-20-15-12(3)7-11(2)8-13(15)4/h5-9H,1-4H3,(H,23,24). The van der Waals surface area contributed by atoms with Crippen LogP contribution in [0.2, 0.25) is 0 Å². The molecular formula is C18H18N4O2. The van der Waals surface area contributed by atoms with Crippen LogP contribution in [0, 0.1) is 27.7 Å². The molecule has 0 aliphatic heterocycles. The lowest BCUT2D eigenvalue weighted by molar-refractivity contribution is 0.0692. The lowest BCUT2D eigenvalue weighted by atomic mass is 10.1. The summed E-state index contributed by atoms with van der Waals surface area (Å²) in [5.74, 6) is -0.903. The number of carboxylic acids is 1. The van der Waals surface area contributed by atoms with Crippen LogP contribution >= 0.6 is 0 Å². The van der Waals surface area contributed by atoms with Gasteiger partial charge >= 0.3 is 5.97 Å². The second kappa shape index (κ2) is 5.88. The average molecular weight is 322 g/mol. The van der Waals surface area contributed by atoms with Gasteiger partial charge in [-0.15, -0.1) is 10.2 Å². The maximum absolute atomic E-state index is 11.5. The Labute approximate surface area is 139 Å². The van der Waals surface area contributed by atoms with E-state index in [1.165, 1.54) is 0 Å². The molecule has 2 heterocycles. The van der Waals surface area contributed by atoms with Crippen molar-refractivity contribution in [1.82, 2.24) is 9.38 Å². The van der Waals surface area contributed by atoms with Crippen molar-refractivity contribution in [2.75, 3.05) is 0 Å². The highest BCUT2D eigenvalue weighted by Gasteiger charge is 2.18.